The first-order valence-electron chi connectivity index (χ1n) is 2.22. The van der Waals surface area contributed by atoms with Crippen molar-refractivity contribution in [3.8, 4) is 0 Å². The average Bonchev–Trinajstić information content (AvgIpc) is 1.69. The Morgan fingerprint density at radius 1 is 1.71 bits per heavy atom. The van der Waals surface area contributed by atoms with Gasteiger partial charge in [0, 0.05) is 18.2 Å². The molecule has 0 amide bonds. The zero-order valence-electron chi connectivity index (χ0n) is 3.94. The fourth-order valence-corrected chi connectivity index (χ4v) is 0.462. The maximum atomic E-state index is 7.00. The lowest BCUT2D eigenvalue weighted by molar-refractivity contribution is 1.35. The highest BCUT2D eigenvalue weighted by Gasteiger charge is 1.88. The molecule has 0 saturated heterocycles. The third-order valence-corrected chi connectivity index (χ3v) is 0.812. The van der Waals surface area contributed by atoms with Crippen LogP contribution in [-0.4, -0.2) is 5.71 Å². The number of rotatable bonds is 0. The van der Waals surface area contributed by atoms with Crippen molar-refractivity contribution >= 4 is 5.71 Å². The van der Waals surface area contributed by atoms with E-state index in [0.717, 1.165) is 6.42 Å². The molecule has 1 radical (unpaired) electrons. The molecule has 0 spiro atoms. The normalized spacial score (nSPS) is 18.0. The van der Waals surface area contributed by atoms with Crippen LogP contribution in [0.15, 0.2) is 18.2 Å². The summed E-state index contributed by atoms with van der Waals surface area (Å²) in [5.41, 5.74) is 0.572. The average molecular weight is 92.1 g/mol. The summed E-state index contributed by atoms with van der Waals surface area (Å²) in [5.74, 6) is 0. The Labute approximate surface area is 42.9 Å². The van der Waals surface area contributed by atoms with Crippen molar-refractivity contribution in [2.75, 3.05) is 0 Å². The molecule has 7 heavy (non-hydrogen) atoms. The summed E-state index contributed by atoms with van der Waals surface area (Å²) in [4.78, 5) is 0. The van der Waals surface area contributed by atoms with Gasteiger partial charge in [0.25, 0.3) is 0 Å². The molecule has 0 heterocycles. The van der Waals surface area contributed by atoms with Crippen LogP contribution in [0, 0.1) is 11.5 Å². The van der Waals surface area contributed by atoms with E-state index in [-0.39, 0.29) is 0 Å². The predicted molar refractivity (Wildman–Crippen MR) is 29.3 cm³/mol. The van der Waals surface area contributed by atoms with E-state index in [2.05, 4.69) is 6.08 Å². The van der Waals surface area contributed by atoms with Gasteiger partial charge in [0.1, 0.15) is 0 Å². The van der Waals surface area contributed by atoms with Crippen LogP contribution in [0.1, 0.15) is 6.42 Å². The molecule has 1 nitrogen and oxygen atoms in total. The SMILES string of the molecule is N=C1[C]=CC=CC1. The second kappa shape index (κ2) is 1.73. The highest BCUT2D eigenvalue weighted by Crippen LogP contribution is 1.93. The smallest absolute Gasteiger partial charge is 0.0430 e. The van der Waals surface area contributed by atoms with Crippen LogP contribution in [0.5, 0.6) is 0 Å². The topological polar surface area (TPSA) is 23.9 Å². The molecule has 1 aliphatic rings. The van der Waals surface area contributed by atoms with E-state index >= 15 is 0 Å². The van der Waals surface area contributed by atoms with Gasteiger partial charge in [0.2, 0.25) is 0 Å². The maximum absolute atomic E-state index is 7.00. The summed E-state index contributed by atoms with van der Waals surface area (Å²) in [5, 5.41) is 7.00. The fourth-order valence-electron chi connectivity index (χ4n) is 0.462. The van der Waals surface area contributed by atoms with Gasteiger partial charge in [-0.15, -0.1) is 0 Å². The monoisotopic (exact) mass is 92.1 g/mol. The summed E-state index contributed by atoms with van der Waals surface area (Å²) in [7, 11) is 0. The molecular weight excluding hydrogens is 86.1 g/mol. The van der Waals surface area contributed by atoms with Gasteiger partial charge < -0.3 is 5.41 Å². The van der Waals surface area contributed by atoms with Crippen LogP contribution < -0.4 is 0 Å². The van der Waals surface area contributed by atoms with Gasteiger partial charge >= 0.3 is 0 Å². The molecule has 1 heteroatoms. The molecule has 0 fully saturated rings. The maximum Gasteiger partial charge on any atom is 0.0430 e. The molecule has 1 rings (SSSR count). The van der Waals surface area contributed by atoms with Gasteiger partial charge in [-0.25, -0.2) is 0 Å². The van der Waals surface area contributed by atoms with Crippen molar-refractivity contribution in [3.05, 3.63) is 24.3 Å². The first-order valence-corrected chi connectivity index (χ1v) is 2.22. The van der Waals surface area contributed by atoms with E-state index in [1.165, 1.54) is 0 Å². The molecule has 0 aromatic carbocycles. The van der Waals surface area contributed by atoms with Crippen LogP contribution in [0.25, 0.3) is 0 Å². The van der Waals surface area contributed by atoms with Gasteiger partial charge in [0.15, 0.2) is 0 Å². The number of allylic oxidation sites excluding steroid dienone is 4. The van der Waals surface area contributed by atoms with Crippen molar-refractivity contribution in [3.63, 3.8) is 0 Å². The van der Waals surface area contributed by atoms with Gasteiger partial charge in [-0.1, -0.05) is 18.2 Å². The van der Waals surface area contributed by atoms with Crippen LogP contribution in [0.4, 0.5) is 0 Å². The van der Waals surface area contributed by atoms with E-state index in [9.17, 15) is 0 Å². The second-order valence-electron chi connectivity index (χ2n) is 1.42. The van der Waals surface area contributed by atoms with Crippen LogP contribution >= 0.6 is 0 Å². The minimum Gasteiger partial charge on any atom is -0.304 e. The third-order valence-electron chi connectivity index (χ3n) is 0.812. The van der Waals surface area contributed by atoms with E-state index < -0.39 is 0 Å². The molecule has 1 aliphatic carbocycles. The molecule has 35 valence electrons. The van der Waals surface area contributed by atoms with Gasteiger partial charge in [-0.05, 0) is 0 Å². The van der Waals surface area contributed by atoms with Gasteiger partial charge in [-0.3, -0.25) is 0 Å². The van der Waals surface area contributed by atoms with E-state index in [0.29, 0.717) is 5.71 Å². The molecule has 0 saturated carbocycles. The Morgan fingerprint density at radius 3 is 2.86 bits per heavy atom. The first kappa shape index (κ1) is 4.31. The molecule has 0 aromatic rings. The van der Waals surface area contributed by atoms with Crippen molar-refractivity contribution in [1.29, 1.82) is 5.41 Å². The highest BCUT2D eigenvalue weighted by molar-refractivity contribution is 5.90. The van der Waals surface area contributed by atoms with Crippen LogP contribution in [0.3, 0.4) is 0 Å². The lowest BCUT2D eigenvalue weighted by atomic mass is 10.2. The van der Waals surface area contributed by atoms with Crippen LogP contribution in [0.2, 0.25) is 0 Å². The Balaban J connectivity index is 2.66. The Bertz CT molecular complexity index is 131. The molecular formula is C6H6N. The minimum atomic E-state index is 0.572. The Morgan fingerprint density at radius 2 is 2.57 bits per heavy atom. The number of nitrogens with one attached hydrogen (secondary N) is 1. The first-order chi connectivity index (χ1) is 3.39. The van der Waals surface area contributed by atoms with Crippen LogP contribution in [-0.2, 0) is 0 Å². The van der Waals surface area contributed by atoms with Crippen molar-refractivity contribution in [1.82, 2.24) is 0 Å². The fraction of sp³-hybridized carbons (Fsp3) is 0.167. The summed E-state index contributed by atoms with van der Waals surface area (Å²) in [6, 6.07) is 0. The van der Waals surface area contributed by atoms with Crippen molar-refractivity contribution in [2.45, 2.75) is 6.42 Å². The minimum absolute atomic E-state index is 0.572. The largest absolute Gasteiger partial charge is 0.304 e. The molecule has 1 N–H and O–H groups in total. The molecule has 0 unspecified atom stereocenters. The van der Waals surface area contributed by atoms with E-state index in [1.807, 2.05) is 12.2 Å². The zero-order chi connectivity index (χ0) is 5.11. The lowest BCUT2D eigenvalue weighted by Crippen LogP contribution is -1.90. The summed E-state index contributed by atoms with van der Waals surface area (Å²) < 4.78 is 0. The van der Waals surface area contributed by atoms with Gasteiger partial charge in [-0.2, -0.15) is 0 Å². The summed E-state index contributed by atoms with van der Waals surface area (Å²) >= 11 is 0. The Kier molecular flexibility index (Phi) is 1.07. The van der Waals surface area contributed by atoms with Crippen molar-refractivity contribution < 1.29 is 0 Å². The van der Waals surface area contributed by atoms with E-state index in [4.69, 9.17) is 5.41 Å². The highest BCUT2D eigenvalue weighted by atomic mass is 14.4. The molecule has 0 bridgehead atoms. The standard InChI is InChI=1S/C6H6N/c7-6-4-2-1-3-5-6/h1-3,7H,4H2. The quantitative estimate of drug-likeness (QED) is 0.466. The third kappa shape index (κ3) is 1.000. The molecule has 0 aliphatic heterocycles. The number of hydrogen-bond acceptors (Lipinski definition) is 1. The Hall–Kier alpha value is -0.850. The van der Waals surface area contributed by atoms with Gasteiger partial charge in [0.05, 0.1) is 0 Å². The zero-order valence-corrected chi connectivity index (χ0v) is 3.94. The van der Waals surface area contributed by atoms with Crippen molar-refractivity contribution in [2.24, 2.45) is 0 Å². The molecule has 0 atom stereocenters. The summed E-state index contributed by atoms with van der Waals surface area (Å²) in [6.45, 7) is 0. The predicted octanol–water partition coefficient (Wildman–Crippen LogP) is 1.33. The number of hydrogen-bond donors (Lipinski definition) is 1. The second-order valence-corrected chi connectivity index (χ2v) is 1.42. The lowest BCUT2D eigenvalue weighted by Gasteiger charge is -1.91. The molecule has 0 aromatic heterocycles. The van der Waals surface area contributed by atoms with E-state index in [1.54, 1.807) is 6.08 Å². The summed E-state index contributed by atoms with van der Waals surface area (Å²) in [6.07, 6.45) is 9.10.